The van der Waals surface area contributed by atoms with Crippen molar-refractivity contribution in [1.82, 2.24) is 0 Å². The first-order valence-corrected chi connectivity index (χ1v) is 6.26. The van der Waals surface area contributed by atoms with Crippen LogP contribution >= 0.6 is 15.9 Å². The first-order chi connectivity index (χ1) is 8.09. The van der Waals surface area contributed by atoms with Crippen molar-refractivity contribution in [3.63, 3.8) is 0 Å². The average Bonchev–Trinajstić information content (AvgIpc) is 2.49. The average molecular weight is 301 g/mol. The number of hydrogen-bond acceptors (Lipinski definition) is 1. The van der Waals surface area contributed by atoms with E-state index >= 15 is 0 Å². The molecule has 0 atom stereocenters. The number of rotatable bonds is 1. The lowest BCUT2D eigenvalue weighted by molar-refractivity contribution is -0.114. The second-order valence-electron chi connectivity index (χ2n) is 4.06. The van der Waals surface area contributed by atoms with Crippen molar-refractivity contribution in [3.05, 3.63) is 39.9 Å². The van der Waals surface area contributed by atoms with Gasteiger partial charge in [0.15, 0.2) is 5.78 Å². The molecule has 0 fully saturated rings. The number of carbonyl (C=O) groups is 1. The van der Waals surface area contributed by atoms with Crippen LogP contribution in [0.2, 0.25) is 0 Å². The van der Waals surface area contributed by atoms with Gasteiger partial charge in [0, 0.05) is 6.42 Å². The van der Waals surface area contributed by atoms with Crippen molar-refractivity contribution in [3.8, 4) is 0 Å². The van der Waals surface area contributed by atoms with Crippen LogP contribution in [0.1, 0.15) is 31.2 Å². The van der Waals surface area contributed by atoms with E-state index in [1.165, 1.54) is 18.2 Å². The summed E-state index contributed by atoms with van der Waals surface area (Å²) in [6.45, 7) is 0. The van der Waals surface area contributed by atoms with Crippen LogP contribution in [0.15, 0.2) is 22.7 Å². The Morgan fingerprint density at radius 1 is 1.12 bits per heavy atom. The zero-order valence-electron chi connectivity index (χ0n) is 9.10. The number of allylic oxidation sites excluding steroid dienone is 2. The maximum absolute atomic E-state index is 13.9. The Bertz CT molecular complexity index is 494. The molecule has 0 bridgehead atoms. The summed E-state index contributed by atoms with van der Waals surface area (Å²) in [5.41, 5.74) is 0.387. The van der Waals surface area contributed by atoms with E-state index in [0.29, 0.717) is 18.4 Å². The predicted octanol–water partition coefficient (Wildman–Crippen LogP) is 4.25. The summed E-state index contributed by atoms with van der Waals surface area (Å²) in [5.74, 6) is -1.31. The Hall–Kier alpha value is -1.03. The topological polar surface area (TPSA) is 17.1 Å². The molecule has 1 aliphatic carbocycles. The molecule has 0 amide bonds. The van der Waals surface area contributed by atoms with Crippen LogP contribution in [0, 0.1) is 11.6 Å². The third kappa shape index (κ3) is 2.63. The Kier molecular flexibility index (Phi) is 3.72. The Morgan fingerprint density at radius 3 is 2.59 bits per heavy atom. The van der Waals surface area contributed by atoms with Crippen molar-refractivity contribution in [2.75, 3.05) is 0 Å². The molecule has 0 saturated heterocycles. The van der Waals surface area contributed by atoms with Crippen LogP contribution < -0.4 is 0 Å². The van der Waals surface area contributed by atoms with Gasteiger partial charge in [0.25, 0.3) is 0 Å². The van der Waals surface area contributed by atoms with Gasteiger partial charge in [-0.2, -0.15) is 0 Å². The number of carbonyl (C=O) groups excluding carboxylic acids is 1. The fourth-order valence-corrected chi connectivity index (χ4v) is 2.30. The molecule has 0 spiro atoms. The zero-order valence-corrected chi connectivity index (χ0v) is 10.7. The number of benzene rings is 1. The van der Waals surface area contributed by atoms with Gasteiger partial charge in [-0.05, 0) is 59.0 Å². The van der Waals surface area contributed by atoms with Gasteiger partial charge in [-0.3, -0.25) is 4.79 Å². The molecule has 2 rings (SSSR count). The summed E-state index contributed by atoms with van der Waals surface area (Å²) in [5, 5.41) is 0. The molecule has 1 aliphatic rings. The second-order valence-corrected chi connectivity index (χ2v) is 4.92. The minimum Gasteiger partial charge on any atom is -0.295 e. The molecule has 90 valence electrons. The monoisotopic (exact) mass is 300 g/mol. The molecule has 4 heteroatoms. The first kappa shape index (κ1) is 12.4. The van der Waals surface area contributed by atoms with Crippen LogP contribution in [-0.2, 0) is 4.79 Å². The van der Waals surface area contributed by atoms with Crippen LogP contribution in [0.4, 0.5) is 8.78 Å². The highest BCUT2D eigenvalue weighted by atomic mass is 79.9. The van der Waals surface area contributed by atoms with E-state index in [4.69, 9.17) is 0 Å². The highest BCUT2D eigenvalue weighted by Crippen LogP contribution is 2.31. The van der Waals surface area contributed by atoms with E-state index in [0.717, 1.165) is 12.8 Å². The van der Waals surface area contributed by atoms with Crippen LogP contribution in [-0.4, -0.2) is 5.78 Å². The van der Waals surface area contributed by atoms with E-state index in [2.05, 4.69) is 15.9 Å². The smallest absolute Gasteiger partial charge is 0.155 e. The Morgan fingerprint density at radius 2 is 1.82 bits per heavy atom. The molecule has 0 aliphatic heterocycles. The van der Waals surface area contributed by atoms with Crippen molar-refractivity contribution in [1.29, 1.82) is 0 Å². The molecule has 0 N–H and O–H groups in total. The summed E-state index contributed by atoms with van der Waals surface area (Å²) in [4.78, 5) is 11.4. The summed E-state index contributed by atoms with van der Waals surface area (Å²) in [6, 6.07) is 2.53. The Labute approximate surface area is 107 Å². The van der Waals surface area contributed by atoms with Gasteiger partial charge in [-0.25, -0.2) is 8.78 Å². The molecule has 1 nitrogen and oxygen atoms in total. The Balaban J connectivity index is 2.52. The summed E-state index contributed by atoms with van der Waals surface area (Å²) < 4.78 is 27.7. The molecule has 0 aromatic heterocycles. The maximum Gasteiger partial charge on any atom is 0.155 e. The van der Waals surface area contributed by atoms with Crippen molar-refractivity contribution in [2.24, 2.45) is 0 Å². The van der Waals surface area contributed by atoms with Crippen molar-refractivity contribution in [2.45, 2.75) is 25.7 Å². The second kappa shape index (κ2) is 5.08. The molecule has 1 aromatic carbocycles. The summed E-state index contributed by atoms with van der Waals surface area (Å²) in [6.07, 6.45) is 3.93. The molecular formula is C13H11BrF2O. The van der Waals surface area contributed by atoms with Gasteiger partial charge in [0.05, 0.1) is 10.0 Å². The van der Waals surface area contributed by atoms with E-state index in [1.807, 2.05) is 0 Å². The van der Waals surface area contributed by atoms with Gasteiger partial charge in [-0.15, -0.1) is 0 Å². The largest absolute Gasteiger partial charge is 0.295 e. The third-order valence-corrected chi connectivity index (χ3v) is 3.43. The van der Waals surface area contributed by atoms with Gasteiger partial charge in [0.2, 0.25) is 0 Å². The highest BCUT2D eigenvalue weighted by Gasteiger charge is 2.19. The van der Waals surface area contributed by atoms with Gasteiger partial charge in [-0.1, -0.05) is 0 Å². The van der Waals surface area contributed by atoms with E-state index in [9.17, 15) is 13.6 Å². The van der Waals surface area contributed by atoms with E-state index in [-0.39, 0.29) is 15.8 Å². The number of halogens is 3. The lowest BCUT2D eigenvalue weighted by atomic mass is 10.00. The third-order valence-electron chi connectivity index (χ3n) is 2.82. The molecule has 1 aromatic rings. The maximum atomic E-state index is 13.9. The highest BCUT2D eigenvalue weighted by molar-refractivity contribution is 9.10. The zero-order chi connectivity index (χ0) is 12.4. The van der Waals surface area contributed by atoms with Gasteiger partial charge in [0.1, 0.15) is 11.6 Å². The molecule has 0 heterocycles. The van der Waals surface area contributed by atoms with Crippen LogP contribution in [0.25, 0.3) is 5.57 Å². The fourth-order valence-electron chi connectivity index (χ4n) is 1.97. The van der Waals surface area contributed by atoms with Gasteiger partial charge >= 0.3 is 0 Å². The molecule has 17 heavy (non-hydrogen) atoms. The lowest BCUT2D eigenvalue weighted by Gasteiger charge is -2.09. The van der Waals surface area contributed by atoms with Crippen LogP contribution in [0.3, 0.4) is 0 Å². The standard InChI is InChI=1S/C13H11BrF2O/c14-10-5-6-11(15)12(13(10)16)8-3-1-2-4-9(17)7-8/h5-7H,1-4H2. The first-order valence-electron chi connectivity index (χ1n) is 5.47. The molecular weight excluding hydrogens is 290 g/mol. The summed E-state index contributed by atoms with van der Waals surface area (Å²) >= 11 is 3.03. The fraction of sp³-hybridized carbons (Fsp3) is 0.308. The SMILES string of the molecule is O=C1C=C(c2c(F)ccc(Br)c2F)CCCC1. The number of ketones is 1. The lowest BCUT2D eigenvalue weighted by Crippen LogP contribution is -1.98. The quantitative estimate of drug-likeness (QED) is 0.709. The minimum atomic E-state index is -0.633. The van der Waals surface area contributed by atoms with Crippen molar-refractivity contribution < 1.29 is 13.6 Å². The predicted molar refractivity (Wildman–Crippen MR) is 65.5 cm³/mol. The summed E-state index contributed by atoms with van der Waals surface area (Å²) in [7, 11) is 0. The van der Waals surface area contributed by atoms with Gasteiger partial charge < -0.3 is 0 Å². The van der Waals surface area contributed by atoms with E-state index < -0.39 is 11.6 Å². The molecule has 0 unspecified atom stereocenters. The van der Waals surface area contributed by atoms with Crippen LogP contribution in [0.5, 0.6) is 0 Å². The molecule has 0 radical (unpaired) electrons. The minimum absolute atomic E-state index is 0.0590. The molecule has 0 saturated carbocycles. The number of hydrogen-bond donors (Lipinski definition) is 0. The van der Waals surface area contributed by atoms with E-state index in [1.54, 1.807) is 0 Å². The normalized spacial score (nSPS) is 16.6. The van der Waals surface area contributed by atoms with Crippen molar-refractivity contribution >= 4 is 27.3 Å².